The summed E-state index contributed by atoms with van der Waals surface area (Å²) in [7, 11) is 1.91. The van der Waals surface area contributed by atoms with E-state index in [0.717, 1.165) is 19.9 Å². The topological polar surface area (TPSA) is 12.0 Å². The fourth-order valence-corrected chi connectivity index (χ4v) is 3.89. The highest BCUT2D eigenvalue weighted by Gasteiger charge is 2.17. The van der Waals surface area contributed by atoms with Gasteiger partial charge in [-0.15, -0.1) is 11.3 Å². The molecule has 0 fully saturated rings. The van der Waals surface area contributed by atoms with E-state index in [2.05, 4.69) is 21.2 Å². The molecule has 0 bridgehead atoms. The van der Waals surface area contributed by atoms with Crippen molar-refractivity contribution in [3.05, 3.63) is 54.6 Å². The molecule has 0 aliphatic rings. The van der Waals surface area contributed by atoms with Crippen LogP contribution >= 0.6 is 50.5 Å². The summed E-state index contributed by atoms with van der Waals surface area (Å²) in [6, 6.07) is 7.84. The molecule has 0 radical (unpaired) electrons. The Morgan fingerprint density at radius 1 is 1.29 bits per heavy atom. The van der Waals surface area contributed by atoms with E-state index in [-0.39, 0.29) is 6.04 Å². The van der Waals surface area contributed by atoms with Crippen LogP contribution in [0.3, 0.4) is 0 Å². The summed E-state index contributed by atoms with van der Waals surface area (Å²) in [6.07, 6.45) is 0. The van der Waals surface area contributed by atoms with Gasteiger partial charge in [-0.2, -0.15) is 0 Å². The van der Waals surface area contributed by atoms with Gasteiger partial charge >= 0.3 is 0 Å². The van der Waals surface area contributed by atoms with Crippen LogP contribution in [0.5, 0.6) is 0 Å². The normalized spacial score (nSPS) is 12.7. The number of nitrogens with one attached hydrogen (secondary N) is 1. The first-order valence-electron chi connectivity index (χ1n) is 4.98. The molecule has 1 unspecified atom stereocenters. The van der Waals surface area contributed by atoms with Crippen molar-refractivity contribution in [2.45, 2.75) is 6.04 Å². The lowest BCUT2D eigenvalue weighted by Crippen LogP contribution is -2.16. The highest BCUT2D eigenvalue weighted by Crippen LogP contribution is 2.34. The average molecular weight is 351 g/mol. The largest absolute Gasteiger partial charge is 0.309 e. The lowest BCUT2D eigenvalue weighted by atomic mass is 10.1. The van der Waals surface area contributed by atoms with Gasteiger partial charge in [-0.25, -0.2) is 0 Å². The first kappa shape index (κ1) is 13.4. The fraction of sp³-hybridized carbons (Fsp3) is 0.167. The van der Waals surface area contributed by atoms with Crippen molar-refractivity contribution in [2.24, 2.45) is 0 Å². The smallest absolute Gasteiger partial charge is 0.0684 e. The summed E-state index contributed by atoms with van der Waals surface area (Å²) in [6.45, 7) is 0. The second kappa shape index (κ2) is 5.72. The molecule has 0 aliphatic heterocycles. The molecule has 0 amide bonds. The van der Waals surface area contributed by atoms with E-state index in [9.17, 15) is 0 Å². The van der Waals surface area contributed by atoms with Crippen LogP contribution in [0, 0.1) is 0 Å². The number of hydrogen-bond acceptors (Lipinski definition) is 2. The second-order valence-corrected chi connectivity index (χ2v) is 6.26. The SMILES string of the molecule is CNC(c1cc(Cl)cc(Br)c1)c1sccc1Cl. The molecule has 0 saturated carbocycles. The zero-order chi connectivity index (χ0) is 12.4. The van der Waals surface area contributed by atoms with Crippen LogP contribution in [0.2, 0.25) is 10.0 Å². The molecule has 2 aromatic rings. The molecule has 1 aromatic carbocycles. The molecule has 1 aromatic heterocycles. The third-order valence-corrected chi connectivity index (χ3v) is 4.51. The van der Waals surface area contributed by atoms with Crippen molar-refractivity contribution >= 4 is 50.5 Å². The summed E-state index contributed by atoms with van der Waals surface area (Å²) < 4.78 is 0.966. The van der Waals surface area contributed by atoms with Gasteiger partial charge < -0.3 is 5.32 Å². The van der Waals surface area contributed by atoms with E-state index >= 15 is 0 Å². The molecule has 2 rings (SSSR count). The van der Waals surface area contributed by atoms with Gasteiger partial charge in [0.25, 0.3) is 0 Å². The standard InChI is InChI=1S/C12H10BrCl2NS/c1-16-11(12-10(15)2-3-17-12)7-4-8(13)6-9(14)5-7/h2-6,11,16H,1H3. The predicted octanol–water partition coefficient (Wildman–Crippen LogP) is 5.13. The summed E-state index contributed by atoms with van der Waals surface area (Å²) >= 11 is 17.3. The molecule has 1 heterocycles. The monoisotopic (exact) mass is 349 g/mol. The van der Waals surface area contributed by atoms with Crippen molar-refractivity contribution in [3.63, 3.8) is 0 Å². The van der Waals surface area contributed by atoms with Crippen LogP contribution in [0.15, 0.2) is 34.1 Å². The maximum Gasteiger partial charge on any atom is 0.0684 e. The summed E-state index contributed by atoms with van der Waals surface area (Å²) in [4.78, 5) is 1.10. The zero-order valence-corrected chi connectivity index (χ0v) is 12.9. The van der Waals surface area contributed by atoms with Crippen molar-refractivity contribution < 1.29 is 0 Å². The molecule has 17 heavy (non-hydrogen) atoms. The number of benzene rings is 1. The van der Waals surface area contributed by atoms with Gasteiger partial charge in [0, 0.05) is 14.4 Å². The van der Waals surface area contributed by atoms with Crippen molar-refractivity contribution in [2.75, 3.05) is 7.05 Å². The van der Waals surface area contributed by atoms with Gasteiger partial charge in [0.15, 0.2) is 0 Å². The van der Waals surface area contributed by atoms with Crippen LogP contribution in [0.4, 0.5) is 0 Å². The number of halogens is 3. The minimum atomic E-state index is 0.0671. The summed E-state index contributed by atoms with van der Waals surface area (Å²) in [5.41, 5.74) is 1.09. The molecular formula is C12H10BrCl2NS. The first-order chi connectivity index (χ1) is 8.11. The van der Waals surface area contributed by atoms with Crippen LogP contribution in [0.1, 0.15) is 16.5 Å². The highest BCUT2D eigenvalue weighted by molar-refractivity contribution is 9.10. The molecular weight excluding hydrogens is 341 g/mol. The van der Waals surface area contributed by atoms with Gasteiger partial charge in [-0.3, -0.25) is 0 Å². The molecule has 0 aliphatic carbocycles. The Balaban J connectivity index is 2.45. The second-order valence-electron chi connectivity index (χ2n) is 3.56. The van der Waals surface area contributed by atoms with Gasteiger partial charge in [-0.1, -0.05) is 39.1 Å². The molecule has 0 saturated heterocycles. The fourth-order valence-electron chi connectivity index (χ4n) is 1.70. The molecule has 1 nitrogen and oxygen atoms in total. The van der Waals surface area contributed by atoms with E-state index in [1.807, 2.05) is 36.7 Å². The first-order valence-corrected chi connectivity index (χ1v) is 7.41. The Bertz CT molecular complexity index is 507. The summed E-state index contributed by atoms with van der Waals surface area (Å²) in [5.74, 6) is 0. The van der Waals surface area contributed by atoms with Crippen LogP contribution in [-0.4, -0.2) is 7.05 Å². The van der Waals surface area contributed by atoms with Crippen molar-refractivity contribution in [3.8, 4) is 0 Å². The van der Waals surface area contributed by atoms with Gasteiger partial charge in [0.1, 0.15) is 0 Å². The molecule has 5 heteroatoms. The molecule has 1 N–H and O–H groups in total. The van der Waals surface area contributed by atoms with E-state index in [1.54, 1.807) is 11.3 Å². The highest BCUT2D eigenvalue weighted by atomic mass is 79.9. The third kappa shape index (κ3) is 3.04. The Kier molecular flexibility index (Phi) is 4.50. The molecule has 0 spiro atoms. The average Bonchev–Trinajstić information content (AvgIpc) is 2.65. The maximum absolute atomic E-state index is 6.17. The van der Waals surface area contributed by atoms with Gasteiger partial charge in [0.05, 0.1) is 11.1 Å². The van der Waals surface area contributed by atoms with Crippen LogP contribution in [-0.2, 0) is 0 Å². The minimum absolute atomic E-state index is 0.0671. The number of hydrogen-bond donors (Lipinski definition) is 1. The van der Waals surface area contributed by atoms with E-state index < -0.39 is 0 Å². The van der Waals surface area contributed by atoms with E-state index in [4.69, 9.17) is 23.2 Å². The van der Waals surface area contributed by atoms with Crippen molar-refractivity contribution in [1.29, 1.82) is 0 Å². The maximum atomic E-state index is 6.17. The molecule has 1 atom stereocenters. The van der Waals surface area contributed by atoms with E-state index in [0.29, 0.717) is 5.02 Å². The number of thiophene rings is 1. The van der Waals surface area contributed by atoms with Crippen molar-refractivity contribution in [1.82, 2.24) is 5.32 Å². The Hall–Kier alpha value is -0.0600. The van der Waals surface area contributed by atoms with Gasteiger partial charge in [-0.05, 0) is 42.3 Å². The zero-order valence-electron chi connectivity index (χ0n) is 9.01. The lowest BCUT2D eigenvalue weighted by Gasteiger charge is -2.16. The minimum Gasteiger partial charge on any atom is -0.309 e. The third-order valence-electron chi connectivity index (χ3n) is 2.41. The lowest BCUT2D eigenvalue weighted by molar-refractivity contribution is 0.704. The van der Waals surface area contributed by atoms with Crippen LogP contribution < -0.4 is 5.32 Å². The Morgan fingerprint density at radius 3 is 2.59 bits per heavy atom. The Labute approximate surface area is 123 Å². The Morgan fingerprint density at radius 2 is 2.06 bits per heavy atom. The molecule has 90 valence electrons. The van der Waals surface area contributed by atoms with Gasteiger partial charge in [0.2, 0.25) is 0 Å². The van der Waals surface area contributed by atoms with Crippen LogP contribution in [0.25, 0.3) is 0 Å². The quantitative estimate of drug-likeness (QED) is 0.809. The van der Waals surface area contributed by atoms with E-state index in [1.165, 1.54) is 0 Å². The summed E-state index contributed by atoms with van der Waals surface area (Å²) in [5, 5.41) is 6.74. The predicted molar refractivity (Wildman–Crippen MR) is 79.4 cm³/mol. The number of rotatable bonds is 3.